The molecule has 0 spiro atoms. The van der Waals surface area contributed by atoms with Crippen LogP contribution in [-0.2, 0) is 11.3 Å². The van der Waals surface area contributed by atoms with Crippen molar-refractivity contribution in [3.8, 4) is 11.4 Å². The predicted molar refractivity (Wildman–Crippen MR) is 99.6 cm³/mol. The Balaban J connectivity index is 1.56. The van der Waals surface area contributed by atoms with E-state index in [-0.39, 0.29) is 11.7 Å². The van der Waals surface area contributed by atoms with Crippen LogP contribution in [0.2, 0.25) is 5.02 Å². The number of nitrogens with one attached hydrogen (secondary N) is 1. The molecule has 2 aromatic carbocycles. The molecule has 3 rings (SSSR count). The summed E-state index contributed by atoms with van der Waals surface area (Å²) in [6.07, 6.45) is 0. The smallest absolute Gasteiger partial charge is 0.230 e. The van der Waals surface area contributed by atoms with Crippen molar-refractivity contribution in [3.05, 3.63) is 65.2 Å². The predicted octanol–water partition coefficient (Wildman–Crippen LogP) is 2.72. The van der Waals surface area contributed by atoms with Crippen LogP contribution in [0.5, 0.6) is 0 Å². The molecule has 0 aliphatic carbocycles. The summed E-state index contributed by atoms with van der Waals surface area (Å²) in [5, 5.41) is 12.1. The third-order valence-electron chi connectivity index (χ3n) is 3.43. The van der Waals surface area contributed by atoms with Gasteiger partial charge in [0.1, 0.15) is 0 Å². The Bertz CT molecular complexity index is 851. The van der Waals surface area contributed by atoms with E-state index in [4.69, 9.17) is 17.4 Å². The lowest BCUT2D eigenvalue weighted by atomic mass is 10.2. The molecule has 0 bridgehead atoms. The van der Waals surface area contributed by atoms with Crippen molar-refractivity contribution in [1.29, 1.82) is 0 Å². The topological polar surface area (TPSA) is 85.8 Å². The summed E-state index contributed by atoms with van der Waals surface area (Å²) in [6, 6.07) is 16.9. The maximum Gasteiger partial charge on any atom is 0.230 e. The van der Waals surface area contributed by atoms with Gasteiger partial charge in [-0.2, -0.15) is 0 Å². The summed E-state index contributed by atoms with van der Waals surface area (Å²) < 4.78 is 1.37. The SMILES string of the molecule is Nn1c(SCC(=O)NCc2ccccc2)nnc1-c1ccc(Cl)cc1. The van der Waals surface area contributed by atoms with Gasteiger partial charge in [-0.15, -0.1) is 10.2 Å². The van der Waals surface area contributed by atoms with Crippen molar-refractivity contribution in [2.45, 2.75) is 11.7 Å². The van der Waals surface area contributed by atoms with E-state index >= 15 is 0 Å². The van der Waals surface area contributed by atoms with E-state index in [9.17, 15) is 4.79 Å². The van der Waals surface area contributed by atoms with Crippen LogP contribution in [0.1, 0.15) is 5.56 Å². The molecule has 0 atom stereocenters. The van der Waals surface area contributed by atoms with Crippen molar-refractivity contribution >= 4 is 29.3 Å². The van der Waals surface area contributed by atoms with Gasteiger partial charge < -0.3 is 11.2 Å². The van der Waals surface area contributed by atoms with Crippen molar-refractivity contribution in [2.75, 3.05) is 11.6 Å². The molecule has 0 fully saturated rings. The number of amides is 1. The molecule has 6 nitrogen and oxygen atoms in total. The van der Waals surface area contributed by atoms with Crippen molar-refractivity contribution in [3.63, 3.8) is 0 Å². The van der Waals surface area contributed by atoms with Gasteiger partial charge in [0.05, 0.1) is 5.75 Å². The molecular formula is C17H16ClN5OS. The molecule has 1 heterocycles. The number of benzene rings is 2. The number of halogens is 1. The normalized spacial score (nSPS) is 10.6. The molecule has 0 unspecified atom stereocenters. The number of thioether (sulfide) groups is 1. The quantitative estimate of drug-likeness (QED) is 0.512. The van der Waals surface area contributed by atoms with Crippen molar-refractivity contribution in [2.24, 2.45) is 0 Å². The Hall–Kier alpha value is -2.51. The third-order valence-corrected chi connectivity index (χ3v) is 4.63. The van der Waals surface area contributed by atoms with Gasteiger partial charge >= 0.3 is 0 Å². The molecule has 1 amide bonds. The average molecular weight is 374 g/mol. The van der Waals surface area contributed by atoms with Crippen LogP contribution < -0.4 is 11.2 Å². The minimum absolute atomic E-state index is 0.0927. The zero-order valence-electron chi connectivity index (χ0n) is 13.2. The number of hydrogen-bond donors (Lipinski definition) is 2. The minimum atomic E-state index is -0.0927. The van der Waals surface area contributed by atoms with E-state index in [0.717, 1.165) is 11.1 Å². The van der Waals surface area contributed by atoms with Crippen LogP contribution in [0.4, 0.5) is 0 Å². The number of carbonyl (C=O) groups excluding carboxylic acids is 1. The van der Waals surface area contributed by atoms with Crippen molar-refractivity contribution < 1.29 is 4.79 Å². The second-order valence-electron chi connectivity index (χ2n) is 5.23. The summed E-state index contributed by atoms with van der Waals surface area (Å²) in [7, 11) is 0. The van der Waals surface area contributed by atoms with Gasteiger partial charge in [-0.1, -0.05) is 53.7 Å². The number of hydrogen-bond acceptors (Lipinski definition) is 5. The summed E-state index contributed by atoms with van der Waals surface area (Å²) in [5.74, 6) is 6.67. The average Bonchev–Trinajstić information content (AvgIpc) is 3.00. The molecule has 0 saturated heterocycles. The van der Waals surface area contributed by atoms with Gasteiger partial charge in [0.15, 0.2) is 5.82 Å². The van der Waals surface area contributed by atoms with E-state index in [0.29, 0.717) is 22.5 Å². The minimum Gasteiger partial charge on any atom is -0.351 e. The second kappa shape index (κ2) is 8.04. The molecule has 1 aromatic heterocycles. The first kappa shape index (κ1) is 17.3. The second-order valence-corrected chi connectivity index (χ2v) is 6.61. The van der Waals surface area contributed by atoms with E-state index in [2.05, 4.69) is 15.5 Å². The molecule has 0 aliphatic heterocycles. The molecule has 0 saturated carbocycles. The summed E-state index contributed by atoms with van der Waals surface area (Å²) in [6.45, 7) is 0.492. The monoisotopic (exact) mass is 373 g/mol. The number of nitrogen functional groups attached to an aromatic ring is 1. The first-order valence-electron chi connectivity index (χ1n) is 7.53. The molecule has 25 heavy (non-hydrogen) atoms. The first-order valence-corrected chi connectivity index (χ1v) is 8.89. The molecule has 8 heteroatoms. The van der Waals surface area contributed by atoms with E-state index in [1.165, 1.54) is 16.4 Å². The number of nitrogens with two attached hydrogens (primary N) is 1. The first-order chi connectivity index (χ1) is 12.1. The number of carbonyl (C=O) groups is 1. The van der Waals surface area contributed by atoms with Gasteiger partial charge in [-0.05, 0) is 29.8 Å². The Morgan fingerprint density at radius 2 is 1.84 bits per heavy atom. The summed E-state index contributed by atoms with van der Waals surface area (Å²) in [5.41, 5.74) is 1.85. The number of rotatable bonds is 6. The highest BCUT2D eigenvalue weighted by atomic mass is 35.5. The van der Waals surface area contributed by atoms with Crippen LogP contribution in [0.3, 0.4) is 0 Å². The molecule has 0 aliphatic rings. The van der Waals surface area contributed by atoms with Gasteiger partial charge in [-0.25, -0.2) is 4.68 Å². The fourth-order valence-electron chi connectivity index (χ4n) is 2.15. The van der Waals surface area contributed by atoms with Crippen LogP contribution in [0.25, 0.3) is 11.4 Å². The Kier molecular flexibility index (Phi) is 5.57. The number of nitrogens with zero attached hydrogens (tertiary/aromatic N) is 3. The lowest BCUT2D eigenvalue weighted by Crippen LogP contribution is -2.25. The highest BCUT2D eigenvalue weighted by molar-refractivity contribution is 7.99. The van der Waals surface area contributed by atoms with Crippen LogP contribution in [-0.4, -0.2) is 26.5 Å². The van der Waals surface area contributed by atoms with Crippen LogP contribution in [0.15, 0.2) is 59.8 Å². The van der Waals surface area contributed by atoms with E-state index in [1.807, 2.05) is 42.5 Å². The van der Waals surface area contributed by atoms with Gasteiger partial charge in [0.25, 0.3) is 0 Å². The summed E-state index contributed by atoms with van der Waals surface area (Å²) in [4.78, 5) is 12.0. The molecule has 0 radical (unpaired) electrons. The standard InChI is InChI=1S/C17H16ClN5OS/c18-14-8-6-13(7-9-14)16-21-22-17(23(16)19)25-11-15(24)20-10-12-4-2-1-3-5-12/h1-9H,10-11,19H2,(H,20,24). The fraction of sp³-hybridized carbons (Fsp3) is 0.118. The molecule has 3 N–H and O–H groups in total. The fourth-order valence-corrected chi connectivity index (χ4v) is 2.96. The lowest BCUT2D eigenvalue weighted by molar-refractivity contribution is -0.118. The molecule has 128 valence electrons. The highest BCUT2D eigenvalue weighted by Crippen LogP contribution is 2.22. The molecular weight excluding hydrogens is 358 g/mol. The Morgan fingerprint density at radius 1 is 1.12 bits per heavy atom. The van der Waals surface area contributed by atoms with Crippen LogP contribution >= 0.6 is 23.4 Å². The lowest BCUT2D eigenvalue weighted by Gasteiger charge is -2.06. The molecule has 3 aromatic rings. The highest BCUT2D eigenvalue weighted by Gasteiger charge is 2.13. The van der Waals surface area contributed by atoms with Gasteiger partial charge in [-0.3, -0.25) is 4.79 Å². The zero-order chi connectivity index (χ0) is 17.6. The van der Waals surface area contributed by atoms with Gasteiger partial charge in [0, 0.05) is 17.1 Å². The number of aromatic nitrogens is 3. The van der Waals surface area contributed by atoms with Gasteiger partial charge in [0.2, 0.25) is 11.1 Å². The summed E-state index contributed by atoms with van der Waals surface area (Å²) >= 11 is 7.12. The van der Waals surface area contributed by atoms with Crippen LogP contribution in [0, 0.1) is 0 Å². The van der Waals surface area contributed by atoms with E-state index in [1.54, 1.807) is 12.1 Å². The zero-order valence-corrected chi connectivity index (χ0v) is 14.8. The third kappa shape index (κ3) is 4.52. The largest absolute Gasteiger partial charge is 0.351 e. The maximum absolute atomic E-state index is 12.0. The van der Waals surface area contributed by atoms with Crippen molar-refractivity contribution in [1.82, 2.24) is 20.2 Å². The Morgan fingerprint density at radius 3 is 2.56 bits per heavy atom. The van der Waals surface area contributed by atoms with E-state index < -0.39 is 0 Å². The Labute approximate surface area is 154 Å². The maximum atomic E-state index is 12.0.